The summed E-state index contributed by atoms with van der Waals surface area (Å²) in [5.41, 5.74) is 2.04. The van der Waals surface area contributed by atoms with Crippen molar-refractivity contribution in [1.29, 1.82) is 0 Å². The zero-order valence-electron chi connectivity index (χ0n) is 13.0. The molecule has 1 amide bonds. The van der Waals surface area contributed by atoms with Crippen LogP contribution < -0.4 is 5.32 Å². The summed E-state index contributed by atoms with van der Waals surface area (Å²) in [7, 11) is 0. The molecule has 0 fully saturated rings. The number of pyridine rings is 1. The summed E-state index contributed by atoms with van der Waals surface area (Å²) >= 11 is 1.02. The first-order valence-electron chi connectivity index (χ1n) is 7.45. The molecule has 0 aliphatic heterocycles. The topological polar surface area (TPSA) is 79.3 Å². The fourth-order valence-corrected chi connectivity index (χ4v) is 2.97. The minimum Gasteiger partial charge on any atom is -0.478 e. The van der Waals surface area contributed by atoms with Gasteiger partial charge in [0.25, 0.3) is 5.24 Å². The van der Waals surface area contributed by atoms with E-state index in [9.17, 15) is 14.7 Å². The van der Waals surface area contributed by atoms with Gasteiger partial charge < -0.3 is 10.4 Å². The number of carbonyl (C=O) groups excluding carboxylic acids is 1. The van der Waals surface area contributed by atoms with Crippen molar-refractivity contribution in [2.75, 3.05) is 5.32 Å². The summed E-state index contributed by atoms with van der Waals surface area (Å²) in [6.45, 7) is 0. The largest absolute Gasteiger partial charge is 0.478 e. The van der Waals surface area contributed by atoms with Crippen LogP contribution in [0.2, 0.25) is 0 Å². The number of rotatable bonds is 4. The average molecular weight is 350 g/mol. The molecule has 6 heteroatoms. The third-order valence-corrected chi connectivity index (χ3v) is 4.19. The second kappa shape index (κ2) is 7.63. The molecule has 0 aliphatic rings. The molecule has 0 unspecified atom stereocenters. The third-order valence-electron chi connectivity index (χ3n) is 3.43. The molecule has 3 rings (SSSR count). The Bertz CT molecular complexity index is 899. The Morgan fingerprint density at radius 2 is 1.80 bits per heavy atom. The Hall–Kier alpha value is -3.12. The molecule has 0 atom stereocenters. The van der Waals surface area contributed by atoms with Crippen molar-refractivity contribution < 1.29 is 14.7 Å². The van der Waals surface area contributed by atoms with Crippen LogP contribution in [-0.4, -0.2) is 21.3 Å². The molecule has 0 aliphatic carbocycles. The number of benzene rings is 2. The van der Waals surface area contributed by atoms with Crippen LogP contribution in [0, 0.1) is 0 Å². The van der Waals surface area contributed by atoms with Crippen molar-refractivity contribution in [2.24, 2.45) is 0 Å². The average Bonchev–Trinajstić information content (AvgIpc) is 2.63. The van der Waals surface area contributed by atoms with Gasteiger partial charge in [-0.3, -0.25) is 9.78 Å². The van der Waals surface area contributed by atoms with Gasteiger partial charge in [-0.25, -0.2) is 4.79 Å². The lowest BCUT2D eigenvalue weighted by atomic mass is 9.99. The van der Waals surface area contributed by atoms with Gasteiger partial charge in [-0.1, -0.05) is 30.3 Å². The van der Waals surface area contributed by atoms with Crippen LogP contribution in [0.25, 0.3) is 11.1 Å². The monoisotopic (exact) mass is 350 g/mol. The molecule has 0 saturated heterocycles. The Morgan fingerprint density at radius 3 is 2.48 bits per heavy atom. The number of hydrogen-bond donors (Lipinski definition) is 2. The predicted molar refractivity (Wildman–Crippen MR) is 98.0 cm³/mol. The number of nitrogens with zero attached hydrogens (tertiary/aromatic N) is 1. The second-order valence-corrected chi connectivity index (χ2v) is 6.18. The number of aromatic carboxylic acids is 1. The van der Waals surface area contributed by atoms with E-state index in [4.69, 9.17) is 0 Å². The lowest BCUT2D eigenvalue weighted by Gasteiger charge is -2.10. The number of nitrogens with one attached hydrogen (secondary N) is 1. The summed E-state index contributed by atoms with van der Waals surface area (Å²) in [6, 6.07) is 17.5. The van der Waals surface area contributed by atoms with Crippen LogP contribution in [0.15, 0.2) is 78.0 Å². The van der Waals surface area contributed by atoms with Crippen LogP contribution >= 0.6 is 11.8 Å². The van der Waals surface area contributed by atoms with Crippen LogP contribution in [0.4, 0.5) is 10.5 Å². The molecule has 124 valence electrons. The number of carbonyl (C=O) groups is 2. The number of amides is 1. The van der Waals surface area contributed by atoms with E-state index in [0.29, 0.717) is 11.3 Å². The zero-order chi connectivity index (χ0) is 17.6. The van der Waals surface area contributed by atoms with Gasteiger partial charge in [-0.2, -0.15) is 0 Å². The minimum absolute atomic E-state index is 0.184. The van der Waals surface area contributed by atoms with Gasteiger partial charge >= 0.3 is 5.97 Å². The highest BCUT2D eigenvalue weighted by molar-refractivity contribution is 8.13. The molecule has 2 N–H and O–H groups in total. The molecule has 0 saturated carbocycles. The maximum atomic E-state index is 12.2. The third kappa shape index (κ3) is 4.24. The Balaban J connectivity index is 1.85. The molecule has 2 aromatic carbocycles. The molecular weight excluding hydrogens is 336 g/mol. The van der Waals surface area contributed by atoms with Crippen molar-refractivity contribution in [3.63, 3.8) is 0 Å². The van der Waals surface area contributed by atoms with E-state index < -0.39 is 5.97 Å². The van der Waals surface area contributed by atoms with Gasteiger partial charge in [-0.05, 0) is 53.2 Å². The van der Waals surface area contributed by atoms with Gasteiger partial charge in [0.1, 0.15) is 0 Å². The van der Waals surface area contributed by atoms with Crippen molar-refractivity contribution in [3.05, 3.63) is 78.6 Å². The lowest BCUT2D eigenvalue weighted by Crippen LogP contribution is -2.06. The maximum Gasteiger partial charge on any atom is 0.336 e. The molecular formula is C19H14N2O3S. The highest BCUT2D eigenvalue weighted by atomic mass is 32.2. The fourth-order valence-electron chi connectivity index (χ4n) is 2.32. The van der Waals surface area contributed by atoms with Gasteiger partial charge in [0.05, 0.1) is 5.56 Å². The van der Waals surface area contributed by atoms with Crippen molar-refractivity contribution in [2.45, 2.75) is 4.90 Å². The maximum absolute atomic E-state index is 12.2. The molecule has 0 bridgehead atoms. The molecule has 25 heavy (non-hydrogen) atoms. The van der Waals surface area contributed by atoms with E-state index in [1.165, 1.54) is 6.07 Å². The molecule has 1 aromatic heterocycles. The first-order chi connectivity index (χ1) is 12.1. The predicted octanol–water partition coefficient (Wildman–Crippen LogP) is 4.77. The van der Waals surface area contributed by atoms with Crippen molar-refractivity contribution in [3.8, 4) is 11.1 Å². The highest BCUT2D eigenvalue weighted by Gasteiger charge is 2.13. The lowest BCUT2D eigenvalue weighted by molar-refractivity contribution is 0.0697. The van der Waals surface area contributed by atoms with Gasteiger partial charge in [0.15, 0.2) is 0 Å². The molecule has 3 aromatic rings. The summed E-state index contributed by atoms with van der Waals surface area (Å²) < 4.78 is 0. The van der Waals surface area contributed by atoms with E-state index in [1.807, 2.05) is 30.3 Å². The smallest absolute Gasteiger partial charge is 0.336 e. The Kier molecular flexibility index (Phi) is 5.11. The van der Waals surface area contributed by atoms with Crippen molar-refractivity contribution in [1.82, 2.24) is 4.98 Å². The van der Waals surface area contributed by atoms with Crippen LogP contribution in [-0.2, 0) is 0 Å². The fraction of sp³-hybridized carbons (Fsp3) is 0. The molecule has 5 nitrogen and oxygen atoms in total. The molecule has 0 spiro atoms. The minimum atomic E-state index is -1.01. The Morgan fingerprint density at radius 1 is 1.00 bits per heavy atom. The zero-order valence-corrected chi connectivity index (χ0v) is 13.9. The summed E-state index contributed by atoms with van der Waals surface area (Å²) in [6.07, 6.45) is 3.24. The van der Waals surface area contributed by atoms with E-state index in [-0.39, 0.29) is 10.8 Å². The first-order valence-corrected chi connectivity index (χ1v) is 8.27. The number of carboxylic acid groups (broad SMARTS) is 1. The van der Waals surface area contributed by atoms with E-state index in [1.54, 1.807) is 36.7 Å². The van der Waals surface area contributed by atoms with E-state index in [2.05, 4.69) is 10.3 Å². The number of anilines is 1. The number of aromatic nitrogens is 1. The number of hydrogen-bond acceptors (Lipinski definition) is 4. The van der Waals surface area contributed by atoms with Crippen LogP contribution in [0.5, 0.6) is 0 Å². The van der Waals surface area contributed by atoms with E-state index in [0.717, 1.165) is 22.2 Å². The summed E-state index contributed by atoms with van der Waals surface area (Å²) in [5.74, 6) is -1.01. The van der Waals surface area contributed by atoms with E-state index >= 15 is 0 Å². The standard InChI is InChI=1S/C19H14N2O3S/c22-18(23)16-9-8-14(11-17(16)13-5-2-1-3-6-13)21-19(24)25-15-7-4-10-20-12-15/h1-12H,(H,21,24)(H,22,23). The second-order valence-electron chi connectivity index (χ2n) is 5.13. The SMILES string of the molecule is O=C(Nc1ccc(C(=O)O)c(-c2ccccc2)c1)Sc1cccnc1. The Labute approximate surface area is 148 Å². The van der Waals surface area contributed by atoms with Crippen LogP contribution in [0.1, 0.15) is 10.4 Å². The van der Waals surface area contributed by atoms with Gasteiger partial charge in [-0.15, -0.1) is 0 Å². The van der Waals surface area contributed by atoms with Gasteiger partial charge in [0.2, 0.25) is 0 Å². The number of carboxylic acids is 1. The molecule has 1 heterocycles. The number of thioether (sulfide) groups is 1. The van der Waals surface area contributed by atoms with Crippen molar-refractivity contribution >= 4 is 28.7 Å². The quantitative estimate of drug-likeness (QED) is 0.663. The summed E-state index contributed by atoms with van der Waals surface area (Å²) in [4.78, 5) is 28.3. The highest BCUT2D eigenvalue weighted by Crippen LogP contribution is 2.28. The van der Waals surface area contributed by atoms with Gasteiger partial charge in [0, 0.05) is 23.0 Å². The normalized spacial score (nSPS) is 10.2. The first kappa shape index (κ1) is 16.7. The summed E-state index contributed by atoms with van der Waals surface area (Å²) in [5, 5.41) is 11.9. The van der Waals surface area contributed by atoms with Crippen LogP contribution in [0.3, 0.4) is 0 Å². The molecule has 0 radical (unpaired) electrons.